The first-order chi connectivity index (χ1) is 8.78. The largest absolute Gasteiger partial charge is 0.480 e. The monoisotopic (exact) mass is 242 g/mol. The van der Waals surface area contributed by atoms with Gasteiger partial charge in [0.05, 0.1) is 36.1 Å². The van der Waals surface area contributed by atoms with Gasteiger partial charge in [-0.15, -0.1) is 0 Å². The normalized spacial score (nSPS) is 10.7. The zero-order valence-corrected chi connectivity index (χ0v) is 9.62. The highest BCUT2D eigenvalue weighted by Crippen LogP contribution is 2.27. The summed E-state index contributed by atoms with van der Waals surface area (Å²) in [4.78, 5) is 8.56. The highest BCUT2D eigenvalue weighted by molar-refractivity contribution is 5.83. The van der Waals surface area contributed by atoms with Gasteiger partial charge in [0.15, 0.2) is 0 Å². The molecule has 0 amide bonds. The molecule has 0 spiro atoms. The van der Waals surface area contributed by atoms with E-state index in [1.54, 1.807) is 19.5 Å². The van der Waals surface area contributed by atoms with Crippen LogP contribution in [0.4, 0.5) is 5.88 Å². The maximum absolute atomic E-state index is 5.68. The van der Waals surface area contributed by atoms with Gasteiger partial charge in [-0.25, -0.2) is 9.97 Å². The summed E-state index contributed by atoms with van der Waals surface area (Å²) in [6.07, 6.45) is 3.15. The average molecular weight is 242 g/mol. The first kappa shape index (κ1) is 10.5. The molecule has 0 fully saturated rings. The van der Waals surface area contributed by atoms with E-state index in [9.17, 15) is 0 Å². The van der Waals surface area contributed by atoms with Crippen LogP contribution in [0.25, 0.3) is 22.2 Å². The number of methoxy groups -OCH3 is 1. The van der Waals surface area contributed by atoms with Crippen LogP contribution in [0.15, 0.2) is 35.1 Å². The molecule has 0 bridgehead atoms. The first-order valence-electron chi connectivity index (χ1n) is 5.29. The Morgan fingerprint density at radius 2 is 2.11 bits per heavy atom. The predicted molar refractivity (Wildman–Crippen MR) is 66.0 cm³/mol. The Morgan fingerprint density at radius 1 is 1.22 bits per heavy atom. The predicted octanol–water partition coefficient (Wildman–Crippen LogP) is 1.88. The van der Waals surface area contributed by atoms with E-state index in [1.165, 1.54) is 0 Å². The lowest BCUT2D eigenvalue weighted by Gasteiger charge is -2.02. The first-order valence-corrected chi connectivity index (χ1v) is 5.29. The molecule has 6 heteroatoms. The maximum Gasteiger partial charge on any atom is 0.232 e. The van der Waals surface area contributed by atoms with E-state index in [1.807, 2.05) is 18.2 Å². The average Bonchev–Trinajstić information content (AvgIpc) is 2.84. The Morgan fingerprint density at radius 3 is 2.83 bits per heavy atom. The number of ether oxygens (including phenoxy) is 1. The van der Waals surface area contributed by atoms with Crippen LogP contribution in [-0.2, 0) is 0 Å². The van der Waals surface area contributed by atoms with E-state index in [0.29, 0.717) is 5.88 Å². The number of fused-ring (bicyclic) bond motifs is 1. The SMILES string of the molecule is COc1cnc2cc(-c3cnoc3N)ccc2n1. The fourth-order valence-electron chi connectivity index (χ4n) is 1.73. The van der Waals surface area contributed by atoms with Crippen LogP contribution < -0.4 is 10.5 Å². The highest BCUT2D eigenvalue weighted by Gasteiger charge is 2.08. The minimum absolute atomic E-state index is 0.288. The van der Waals surface area contributed by atoms with Gasteiger partial charge in [-0.2, -0.15) is 0 Å². The second kappa shape index (κ2) is 3.99. The van der Waals surface area contributed by atoms with Gasteiger partial charge < -0.3 is 15.0 Å². The van der Waals surface area contributed by atoms with E-state index < -0.39 is 0 Å². The van der Waals surface area contributed by atoms with Gasteiger partial charge in [0.25, 0.3) is 0 Å². The molecule has 0 saturated heterocycles. The molecule has 18 heavy (non-hydrogen) atoms. The summed E-state index contributed by atoms with van der Waals surface area (Å²) in [5, 5.41) is 3.65. The summed E-state index contributed by atoms with van der Waals surface area (Å²) in [6, 6.07) is 5.62. The van der Waals surface area contributed by atoms with Gasteiger partial charge in [0, 0.05) is 0 Å². The van der Waals surface area contributed by atoms with E-state index in [2.05, 4.69) is 15.1 Å². The van der Waals surface area contributed by atoms with Crippen molar-refractivity contribution in [2.45, 2.75) is 0 Å². The maximum atomic E-state index is 5.68. The molecule has 2 aromatic heterocycles. The molecule has 2 N–H and O–H groups in total. The van der Waals surface area contributed by atoms with Crippen molar-refractivity contribution in [2.24, 2.45) is 0 Å². The second-order valence-corrected chi connectivity index (χ2v) is 3.72. The Bertz CT molecular complexity index is 708. The van der Waals surface area contributed by atoms with Crippen molar-refractivity contribution >= 4 is 16.9 Å². The third-order valence-corrected chi connectivity index (χ3v) is 2.64. The second-order valence-electron chi connectivity index (χ2n) is 3.72. The number of hydrogen-bond acceptors (Lipinski definition) is 6. The third kappa shape index (κ3) is 1.64. The Balaban J connectivity index is 2.15. The van der Waals surface area contributed by atoms with Crippen molar-refractivity contribution in [3.8, 4) is 17.0 Å². The number of benzene rings is 1. The summed E-state index contributed by atoms with van der Waals surface area (Å²) in [7, 11) is 1.56. The number of hydrogen-bond donors (Lipinski definition) is 1. The lowest BCUT2D eigenvalue weighted by atomic mass is 10.1. The van der Waals surface area contributed by atoms with Gasteiger partial charge in [0.1, 0.15) is 0 Å². The standard InChI is InChI=1S/C12H10N4O2/c1-17-11-6-14-10-4-7(2-3-9(10)16-11)8-5-15-18-12(8)13/h2-6H,13H2,1H3. The molecule has 0 radical (unpaired) electrons. The minimum atomic E-state index is 0.288. The van der Waals surface area contributed by atoms with Crippen LogP contribution in [0.2, 0.25) is 0 Å². The molecule has 3 rings (SSSR count). The Labute approximate surface area is 102 Å². The zero-order valence-electron chi connectivity index (χ0n) is 9.62. The summed E-state index contributed by atoms with van der Waals surface area (Å²) in [6.45, 7) is 0. The van der Waals surface area contributed by atoms with Gasteiger partial charge in [-0.1, -0.05) is 11.2 Å². The molecule has 0 atom stereocenters. The number of nitrogens with two attached hydrogens (primary N) is 1. The summed E-state index contributed by atoms with van der Waals surface area (Å²) < 4.78 is 9.86. The van der Waals surface area contributed by atoms with E-state index in [-0.39, 0.29) is 5.88 Å². The van der Waals surface area contributed by atoms with Gasteiger partial charge >= 0.3 is 0 Å². The number of nitrogen functional groups attached to an aromatic ring is 1. The summed E-state index contributed by atoms with van der Waals surface area (Å²) >= 11 is 0. The van der Waals surface area contributed by atoms with Crippen LogP contribution >= 0.6 is 0 Å². The van der Waals surface area contributed by atoms with Gasteiger partial charge in [-0.05, 0) is 17.7 Å². The van der Waals surface area contributed by atoms with Crippen molar-refractivity contribution in [3.63, 3.8) is 0 Å². The van der Waals surface area contributed by atoms with Crippen molar-refractivity contribution < 1.29 is 9.26 Å². The van der Waals surface area contributed by atoms with E-state index in [0.717, 1.165) is 22.2 Å². The molecule has 6 nitrogen and oxygen atoms in total. The number of aromatic nitrogens is 3. The smallest absolute Gasteiger partial charge is 0.232 e. The fraction of sp³-hybridized carbons (Fsp3) is 0.0833. The highest BCUT2D eigenvalue weighted by atomic mass is 16.5. The quantitative estimate of drug-likeness (QED) is 0.738. The number of nitrogens with zero attached hydrogens (tertiary/aromatic N) is 3. The van der Waals surface area contributed by atoms with Crippen LogP contribution in [0, 0.1) is 0 Å². The summed E-state index contributed by atoms with van der Waals surface area (Å²) in [5.41, 5.74) is 8.83. The zero-order chi connectivity index (χ0) is 12.5. The van der Waals surface area contributed by atoms with Crippen molar-refractivity contribution in [1.29, 1.82) is 0 Å². The molecular formula is C12H10N4O2. The topological polar surface area (TPSA) is 87.1 Å². The summed E-state index contributed by atoms with van der Waals surface area (Å²) in [5.74, 6) is 0.774. The Hall–Kier alpha value is -2.63. The molecule has 1 aromatic carbocycles. The Kier molecular flexibility index (Phi) is 2.33. The molecule has 2 heterocycles. The van der Waals surface area contributed by atoms with E-state index in [4.69, 9.17) is 15.0 Å². The molecule has 0 saturated carbocycles. The molecule has 0 aliphatic carbocycles. The van der Waals surface area contributed by atoms with Crippen LogP contribution in [0.1, 0.15) is 0 Å². The van der Waals surface area contributed by atoms with Crippen LogP contribution in [0.5, 0.6) is 5.88 Å². The minimum Gasteiger partial charge on any atom is -0.480 e. The molecule has 0 aliphatic rings. The van der Waals surface area contributed by atoms with Crippen LogP contribution in [0.3, 0.4) is 0 Å². The molecular weight excluding hydrogens is 232 g/mol. The van der Waals surface area contributed by atoms with Crippen molar-refractivity contribution in [3.05, 3.63) is 30.6 Å². The molecule has 3 aromatic rings. The molecule has 90 valence electrons. The molecule has 0 aliphatic heterocycles. The number of anilines is 1. The lowest BCUT2D eigenvalue weighted by molar-refractivity contribution is 0.397. The molecule has 0 unspecified atom stereocenters. The van der Waals surface area contributed by atoms with Crippen molar-refractivity contribution in [2.75, 3.05) is 12.8 Å². The van der Waals surface area contributed by atoms with E-state index >= 15 is 0 Å². The van der Waals surface area contributed by atoms with Gasteiger partial charge in [-0.3, -0.25) is 0 Å². The van der Waals surface area contributed by atoms with Crippen LogP contribution in [-0.4, -0.2) is 22.2 Å². The number of rotatable bonds is 2. The van der Waals surface area contributed by atoms with Crippen molar-refractivity contribution in [1.82, 2.24) is 15.1 Å². The lowest BCUT2D eigenvalue weighted by Crippen LogP contribution is -1.91. The van der Waals surface area contributed by atoms with Gasteiger partial charge in [0.2, 0.25) is 11.8 Å². The third-order valence-electron chi connectivity index (χ3n) is 2.64. The fourth-order valence-corrected chi connectivity index (χ4v) is 1.73.